The second-order valence-corrected chi connectivity index (χ2v) is 32.1. The summed E-state index contributed by atoms with van der Waals surface area (Å²) in [5.41, 5.74) is 7.73. The van der Waals surface area contributed by atoms with Crippen LogP contribution in [0.25, 0.3) is 0 Å². The molecule has 208 valence electrons. The summed E-state index contributed by atoms with van der Waals surface area (Å²) in [6, 6.07) is 0. The molecule has 4 heteroatoms. The van der Waals surface area contributed by atoms with E-state index in [1.165, 1.54) is 0 Å². The van der Waals surface area contributed by atoms with Gasteiger partial charge in [0, 0.05) is 0 Å². The van der Waals surface area contributed by atoms with E-state index in [-0.39, 0.29) is 0 Å². The molecule has 0 unspecified atom stereocenters. The highest BCUT2D eigenvalue weighted by atomic mass is 28.4. The molecule has 0 aromatic rings. The molecule has 0 rings (SSSR count). The average Bonchev–Trinajstić information content (AvgIpc) is 2.60. The Morgan fingerprint density at radius 1 is 0.265 bits per heavy atom. The Labute approximate surface area is 222 Å². The maximum absolute atomic E-state index is 7.47. The molecule has 0 aliphatic rings. The van der Waals surface area contributed by atoms with Crippen molar-refractivity contribution in [2.24, 2.45) is 0 Å². The lowest BCUT2D eigenvalue weighted by Crippen LogP contribution is -2.60. The molecule has 0 fully saturated rings. The van der Waals surface area contributed by atoms with Crippen LogP contribution in [0.5, 0.6) is 0 Å². The standard InChI is InChI=1S/C18H42OSi2.C12H28Si/c1-13(2)20(14(3)4,15(5)6)19-21(16(7)8,17(9)10)18(11)12;1-9(2)13(10(3)4,11(5)6)12(7)8/h13-18H,1-12H3;9-12H,1-8H3. The SMILES string of the molecule is CC(C)[Si](C(C)C)(C(C)C)C(C)C.CC(C)[Si](O[Si](C(C)C)(C(C)C)C(C)C)(C(C)C)C(C)C. The van der Waals surface area contributed by atoms with E-state index >= 15 is 0 Å². The van der Waals surface area contributed by atoms with Gasteiger partial charge in [-0.2, -0.15) is 0 Å². The van der Waals surface area contributed by atoms with Gasteiger partial charge in [0.05, 0.1) is 8.07 Å². The molecule has 0 spiro atoms. The van der Waals surface area contributed by atoms with Crippen molar-refractivity contribution < 1.29 is 4.12 Å². The van der Waals surface area contributed by atoms with E-state index in [0.29, 0.717) is 33.2 Å². The van der Waals surface area contributed by atoms with Gasteiger partial charge in [-0.15, -0.1) is 0 Å². The Kier molecular flexibility index (Phi) is 15.7. The minimum Gasteiger partial charge on any atom is -0.454 e. The monoisotopic (exact) mass is 530 g/mol. The van der Waals surface area contributed by atoms with Crippen LogP contribution in [0.2, 0.25) is 55.4 Å². The normalized spacial score (nSPS) is 14.3. The van der Waals surface area contributed by atoms with Gasteiger partial charge >= 0.3 is 0 Å². The summed E-state index contributed by atoms with van der Waals surface area (Å²) in [6.07, 6.45) is 0. The minimum absolute atomic E-state index is 0.681. The quantitative estimate of drug-likeness (QED) is 0.228. The van der Waals surface area contributed by atoms with Crippen LogP contribution in [0.3, 0.4) is 0 Å². The smallest absolute Gasteiger partial charge is 0.187 e. The third kappa shape index (κ3) is 7.34. The molecule has 1 nitrogen and oxygen atoms in total. The number of hydrogen-bond donors (Lipinski definition) is 0. The topological polar surface area (TPSA) is 9.23 Å². The fourth-order valence-electron chi connectivity index (χ4n) is 9.01. The molecule has 0 aromatic carbocycles. The molecule has 0 aliphatic heterocycles. The lowest BCUT2D eigenvalue weighted by Gasteiger charge is -2.54. The molecule has 0 saturated carbocycles. The summed E-state index contributed by atoms with van der Waals surface area (Å²) < 4.78 is 7.47. The van der Waals surface area contributed by atoms with Crippen LogP contribution in [-0.4, -0.2) is 24.7 Å². The van der Waals surface area contributed by atoms with E-state index < -0.39 is 24.7 Å². The van der Waals surface area contributed by atoms with Crippen molar-refractivity contribution in [1.82, 2.24) is 0 Å². The third-order valence-corrected chi connectivity index (χ3v) is 31.4. The second-order valence-electron chi connectivity index (χ2n) is 14.4. The van der Waals surface area contributed by atoms with E-state index in [1.54, 1.807) is 0 Å². The van der Waals surface area contributed by atoms with Gasteiger partial charge in [0.1, 0.15) is 0 Å². The van der Waals surface area contributed by atoms with Crippen molar-refractivity contribution in [2.45, 2.75) is 194 Å². The Morgan fingerprint density at radius 3 is 0.471 bits per heavy atom. The van der Waals surface area contributed by atoms with Crippen molar-refractivity contribution in [1.29, 1.82) is 0 Å². The highest BCUT2D eigenvalue weighted by Crippen LogP contribution is 2.51. The number of hydrogen-bond acceptors (Lipinski definition) is 1. The fourth-order valence-corrected chi connectivity index (χ4v) is 33.1. The largest absolute Gasteiger partial charge is 0.454 e. The number of rotatable bonds is 12. The third-order valence-electron chi connectivity index (χ3n) is 9.77. The van der Waals surface area contributed by atoms with Crippen LogP contribution in [0.4, 0.5) is 0 Å². The highest BCUT2D eigenvalue weighted by Gasteiger charge is 2.55. The first-order valence-electron chi connectivity index (χ1n) is 14.8. The Bertz CT molecular complexity index is 434. The van der Waals surface area contributed by atoms with Gasteiger partial charge in [-0.3, -0.25) is 0 Å². The van der Waals surface area contributed by atoms with E-state index in [1.807, 2.05) is 0 Å². The molecule has 0 aliphatic carbocycles. The Morgan fingerprint density at radius 2 is 0.412 bits per heavy atom. The van der Waals surface area contributed by atoms with Crippen LogP contribution in [0.1, 0.15) is 138 Å². The van der Waals surface area contributed by atoms with Crippen LogP contribution < -0.4 is 0 Å². The summed E-state index contributed by atoms with van der Waals surface area (Å²) in [5.74, 6) is 0. The summed E-state index contributed by atoms with van der Waals surface area (Å²) >= 11 is 0. The van der Waals surface area contributed by atoms with Crippen LogP contribution in [0, 0.1) is 0 Å². The van der Waals surface area contributed by atoms with Crippen LogP contribution >= 0.6 is 0 Å². The summed E-state index contributed by atoms with van der Waals surface area (Å²) in [5, 5.41) is 0. The van der Waals surface area contributed by atoms with Gasteiger partial charge in [0.2, 0.25) is 0 Å². The van der Waals surface area contributed by atoms with Crippen molar-refractivity contribution in [3.05, 3.63) is 0 Å². The first-order valence-corrected chi connectivity index (χ1v) is 21.4. The first kappa shape index (κ1) is 36.8. The van der Waals surface area contributed by atoms with Gasteiger partial charge in [0.15, 0.2) is 16.6 Å². The second kappa shape index (κ2) is 14.5. The van der Waals surface area contributed by atoms with Crippen molar-refractivity contribution in [3.8, 4) is 0 Å². The predicted molar refractivity (Wildman–Crippen MR) is 169 cm³/mol. The molecule has 0 aromatic heterocycles. The van der Waals surface area contributed by atoms with E-state index in [0.717, 1.165) is 22.2 Å². The van der Waals surface area contributed by atoms with Crippen molar-refractivity contribution in [2.75, 3.05) is 0 Å². The highest BCUT2D eigenvalue weighted by molar-refractivity contribution is 6.90. The van der Waals surface area contributed by atoms with Gasteiger partial charge in [-0.1, -0.05) is 161 Å². The molecule has 0 heterocycles. The molecule has 0 bridgehead atoms. The fraction of sp³-hybridized carbons (Fsp3) is 1.00. The van der Waals surface area contributed by atoms with E-state index in [2.05, 4.69) is 138 Å². The predicted octanol–water partition coefficient (Wildman–Crippen LogP) is 12.4. The molecule has 0 amide bonds. The average molecular weight is 531 g/mol. The molecule has 0 radical (unpaired) electrons. The Hall–Kier alpha value is 0.611. The first-order chi connectivity index (χ1) is 15.1. The van der Waals surface area contributed by atoms with Gasteiger partial charge < -0.3 is 4.12 Å². The summed E-state index contributed by atoms with van der Waals surface area (Å²) in [4.78, 5) is 0. The molecule has 34 heavy (non-hydrogen) atoms. The lowest BCUT2D eigenvalue weighted by molar-refractivity contribution is 0.426. The zero-order valence-electron chi connectivity index (χ0n) is 27.7. The van der Waals surface area contributed by atoms with Gasteiger partial charge in [-0.05, 0) is 33.2 Å². The van der Waals surface area contributed by atoms with Gasteiger partial charge in [0.25, 0.3) is 0 Å². The molecular weight excluding hydrogens is 461 g/mol. The molecule has 0 N–H and O–H groups in total. The molecule has 0 saturated heterocycles. The maximum Gasteiger partial charge on any atom is 0.187 e. The van der Waals surface area contributed by atoms with Crippen molar-refractivity contribution >= 4 is 24.7 Å². The minimum atomic E-state index is -1.79. The van der Waals surface area contributed by atoms with Crippen LogP contribution in [-0.2, 0) is 4.12 Å². The van der Waals surface area contributed by atoms with Gasteiger partial charge in [-0.25, -0.2) is 0 Å². The summed E-state index contributed by atoms with van der Waals surface area (Å²) in [7, 11) is -4.68. The van der Waals surface area contributed by atoms with Crippen molar-refractivity contribution in [3.63, 3.8) is 0 Å². The zero-order valence-corrected chi connectivity index (χ0v) is 30.7. The molecule has 0 atom stereocenters. The van der Waals surface area contributed by atoms with E-state index in [4.69, 9.17) is 4.12 Å². The summed E-state index contributed by atoms with van der Waals surface area (Å²) in [6.45, 7) is 48.4. The Balaban J connectivity index is 0. The van der Waals surface area contributed by atoms with Crippen LogP contribution in [0.15, 0.2) is 0 Å². The lowest BCUT2D eigenvalue weighted by atomic mass is 10.5. The maximum atomic E-state index is 7.47. The zero-order chi connectivity index (χ0) is 28.0. The van der Waals surface area contributed by atoms with E-state index in [9.17, 15) is 0 Å². The molecular formula is C30H70OSi3.